The third-order valence-electron chi connectivity index (χ3n) is 9.03. The molecule has 1 N–H and O–H groups in total. The minimum absolute atomic E-state index is 0. The van der Waals surface area contributed by atoms with Gasteiger partial charge in [0.15, 0.2) is 0 Å². The van der Waals surface area contributed by atoms with E-state index in [4.69, 9.17) is 9.47 Å². The molecule has 9 nitrogen and oxygen atoms in total. The maximum atomic E-state index is 13.3. The van der Waals surface area contributed by atoms with Gasteiger partial charge in [0.2, 0.25) is 11.8 Å². The van der Waals surface area contributed by atoms with E-state index in [9.17, 15) is 52.7 Å². The van der Waals surface area contributed by atoms with Gasteiger partial charge in [-0.05, 0) is 31.3 Å². The average molecular weight is 1080 g/mol. The summed E-state index contributed by atoms with van der Waals surface area (Å²) in [5, 5.41) is 2.89. The number of aromatic nitrogens is 3. The Morgan fingerprint density at radius 1 is 0.594 bits per heavy atom. The monoisotopic (exact) mass is 1080 g/mol. The smallest absolute Gasteiger partial charge is 0.433 e. The molecule has 8 rings (SSSR count). The molecule has 6 aromatic rings. The fourth-order valence-corrected chi connectivity index (χ4v) is 6.08. The predicted octanol–water partition coefficient (Wildman–Crippen LogP) is 12.6. The molecule has 339 valence electrons. The van der Waals surface area contributed by atoms with Crippen molar-refractivity contribution in [2.75, 3.05) is 27.1 Å². The normalized spacial score (nSPS) is 13.6. The minimum atomic E-state index is -4.62. The molecule has 0 fully saturated rings. The zero-order valence-corrected chi connectivity index (χ0v) is 35.0. The van der Waals surface area contributed by atoms with Gasteiger partial charge in [-0.25, -0.2) is 9.97 Å². The molecule has 0 bridgehead atoms. The van der Waals surface area contributed by atoms with E-state index in [1.54, 1.807) is 38.5 Å². The van der Waals surface area contributed by atoms with E-state index >= 15 is 0 Å². The van der Waals surface area contributed by atoms with Crippen LogP contribution in [0.2, 0.25) is 0 Å². The van der Waals surface area contributed by atoms with Crippen LogP contribution in [0.4, 0.5) is 87.1 Å². The van der Waals surface area contributed by atoms with Gasteiger partial charge in [-0.3, -0.25) is 0 Å². The number of fused-ring (bicyclic) bond motifs is 2. The van der Waals surface area contributed by atoms with Crippen LogP contribution in [0.5, 0.6) is 23.3 Å². The molecule has 0 atom stereocenters. The SMILES string of the molecule is Cc1cc(C)c(N2[CH-]N(C)c3ccc(C(F)(F)F)nc32)[c-]c1N1[CH-]Nc2ccc(C(F)(F)F)nc21.FC(F)(F)c1c[c-]c(Oc2cccc(Oc3[c-]cc(C(F)(F)F)cc3)n2)cc1.[Ir]. The summed E-state index contributed by atoms with van der Waals surface area (Å²) in [6.07, 6.45) is -18.2. The second-order valence-electron chi connectivity index (χ2n) is 13.6. The quantitative estimate of drug-likeness (QED) is 0.130. The van der Waals surface area contributed by atoms with Gasteiger partial charge in [-0.1, -0.05) is 42.4 Å². The summed E-state index contributed by atoms with van der Waals surface area (Å²) >= 11 is 0. The van der Waals surface area contributed by atoms with Gasteiger partial charge < -0.3 is 29.5 Å². The minimum Gasteiger partial charge on any atom is -0.513 e. The Morgan fingerprint density at radius 3 is 1.58 bits per heavy atom. The molecule has 3 aromatic heterocycles. The van der Waals surface area contributed by atoms with E-state index in [1.165, 1.54) is 46.8 Å². The van der Waals surface area contributed by atoms with Crippen molar-refractivity contribution in [2.45, 2.75) is 38.6 Å². The average Bonchev–Trinajstić information content (AvgIpc) is 3.77. The molecule has 5 heterocycles. The van der Waals surface area contributed by atoms with Gasteiger partial charge in [0.25, 0.3) is 0 Å². The van der Waals surface area contributed by atoms with Gasteiger partial charge in [-0.2, -0.15) is 101 Å². The molecule has 2 aliphatic heterocycles. The Balaban J connectivity index is 0.000000215. The first kappa shape index (κ1) is 47.2. The van der Waals surface area contributed by atoms with Crippen LogP contribution < -0.4 is 29.5 Å². The van der Waals surface area contributed by atoms with E-state index in [2.05, 4.69) is 38.5 Å². The summed E-state index contributed by atoms with van der Waals surface area (Å²) in [6.45, 7) is 6.57. The Labute approximate surface area is 369 Å². The van der Waals surface area contributed by atoms with Crippen LogP contribution >= 0.6 is 0 Å². The van der Waals surface area contributed by atoms with Crippen LogP contribution in [0.1, 0.15) is 33.6 Å². The maximum Gasteiger partial charge on any atom is 0.433 e. The summed E-state index contributed by atoms with van der Waals surface area (Å²) in [7, 11) is 1.68. The van der Waals surface area contributed by atoms with Gasteiger partial charge in [-0.15, -0.1) is 41.5 Å². The van der Waals surface area contributed by atoms with E-state index < -0.39 is 47.2 Å². The van der Waals surface area contributed by atoms with Gasteiger partial charge in [0, 0.05) is 55.1 Å². The molecule has 1 radical (unpaired) electrons. The first-order valence-electron chi connectivity index (χ1n) is 17.9. The Hall–Kier alpha value is -6.28. The van der Waals surface area contributed by atoms with Crippen molar-refractivity contribution in [3.8, 4) is 23.3 Å². The third-order valence-corrected chi connectivity index (χ3v) is 9.03. The standard InChI is InChI=1S/C23H17F6N6.C19H9F6NO2.Ir/c1-12-8-13(2)17(35-11-33(3)15-5-7-19(23(27,28)29)32-21(15)35)9-16(12)34-10-30-14-4-6-18(22(24,25)26)31-20(14)34;20-18(21,22)12-4-8-14(9-5-12)27-16-2-1-3-17(26-16)28-15-10-6-13(7-11-15)19(23,24)25;/h4-8,10-11,30H,1-3H3;1-8,10H;/q-3;-2;. The predicted molar refractivity (Wildman–Crippen MR) is 203 cm³/mol. The van der Waals surface area contributed by atoms with E-state index in [0.29, 0.717) is 33.9 Å². The molecule has 0 saturated carbocycles. The van der Waals surface area contributed by atoms with Crippen molar-refractivity contribution in [1.82, 2.24) is 15.0 Å². The molecular weight excluding hydrogens is 1050 g/mol. The summed E-state index contributed by atoms with van der Waals surface area (Å²) < 4.78 is 166. The first-order valence-corrected chi connectivity index (χ1v) is 17.9. The molecule has 64 heavy (non-hydrogen) atoms. The summed E-state index contributed by atoms with van der Waals surface area (Å²) in [5.74, 6) is 0.102. The third kappa shape index (κ3) is 10.4. The van der Waals surface area contributed by atoms with Gasteiger partial charge in [0.1, 0.15) is 23.0 Å². The van der Waals surface area contributed by atoms with E-state index in [0.717, 1.165) is 48.5 Å². The molecule has 0 spiro atoms. The van der Waals surface area contributed by atoms with Crippen molar-refractivity contribution in [1.29, 1.82) is 0 Å². The van der Waals surface area contributed by atoms with E-state index in [1.807, 2.05) is 0 Å². The topological polar surface area (TPSA) is 78.9 Å². The number of alkyl halides is 12. The molecular formula is C42H26F12IrN7O2-5. The molecule has 3 aromatic carbocycles. The number of aryl methyl sites for hydroxylation is 2. The van der Waals surface area contributed by atoms with Crippen LogP contribution in [0.25, 0.3) is 0 Å². The maximum absolute atomic E-state index is 13.3. The number of anilines is 6. The number of rotatable bonds is 6. The number of pyridine rings is 3. The second kappa shape index (κ2) is 17.7. The van der Waals surface area contributed by atoms with Gasteiger partial charge >= 0.3 is 24.7 Å². The zero-order chi connectivity index (χ0) is 45.6. The number of nitrogens with zero attached hydrogens (tertiary/aromatic N) is 6. The Bertz CT molecular complexity index is 2550. The number of hydrogen-bond acceptors (Lipinski definition) is 9. The molecule has 22 heteroatoms. The second-order valence-corrected chi connectivity index (χ2v) is 13.6. The van der Waals surface area contributed by atoms with Crippen molar-refractivity contribution in [2.24, 2.45) is 0 Å². The van der Waals surface area contributed by atoms with E-state index in [-0.39, 0.29) is 55.0 Å². The number of hydrogen-bond donors (Lipinski definition) is 1. The molecule has 0 aliphatic carbocycles. The number of halogens is 12. The molecule has 0 amide bonds. The van der Waals surface area contributed by atoms with Crippen LogP contribution in [0.3, 0.4) is 0 Å². The molecule has 0 unspecified atom stereocenters. The summed E-state index contributed by atoms with van der Waals surface area (Å²) in [5.41, 5.74) is -0.831. The van der Waals surface area contributed by atoms with Crippen molar-refractivity contribution >= 4 is 34.4 Å². The zero-order valence-electron chi connectivity index (χ0n) is 32.6. The van der Waals surface area contributed by atoms with Crippen LogP contribution in [-0.4, -0.2) is 22.0 Å². The largest absolute Gasteiger partial charge is 0.513 e. The summed E-state index contributed by atoms with van der Waals surface area (Å²) in [4.78, 5) is 16.1. The summed E-state index contributed by atoms with van der Waals surface area (Å²) in [6, 6.07) is 23.7. The Morgan fingerprint density at radius 2 is 1.09 bits per heavy atom. The fraction of sp³-hybridized carbons (Fsp3) is 0.167. The fourth-order valence-electron chi connectivity index (χ4n) is 6.08. The first-order chi connectivity index (χ1) is 29.5. The number of ether oxygens (including phenoxy) is 2. The van der Waals surface area contributed by atoms with Crippen LogP contribution in [0.15, 0.2) is 84.9 Å². The van der Waals surface area contributed by atoms with Crippen LogP contribution in [0, 0.1) is 45.4 Å². The van der Waals surface area contributed by atoms with Crippen molar-refractivity contribution in [3.05, 3.63) is 150 Å². The number of benzene rings is 3. The molecule has 2 aliphatic rings. The van der Waals surface area contributed by atoms with Crippen LogP contribution in [-0.2, 0) is 44.8 Å². The van der Waals surface area contributed by atoms with Crippen molar-refractivity contribution < 1.29 is 82.3 Å². The van der Waals surface area contributed by atoms with Gasteiger partial charge in [0.05, 0.1) is 0 Å². The van der Waals surface area contributed by atoms with Crippen molar-refractivity contribution in [3.63, 3.8) is 0 Å². The Kier molecular flexibility index (Phi) is 13.1. The molecule has 0 saturated heterocycles. The number of nitrogens with one attached hydrogen (secondary N) is 1.